The van der Waals surface area contributed by atoms with Crippen LogP contribution in [-0.2, 0) is 9.59 Å². The molecule has 3 rings (SSSR count). The van der Waals surface area contributed by atoms with Crippen molar-refractivity contribution < 1.29 is 19.1 Å². The van der Waals surface area contributed by atoms with E-state index in [4.69, 9.17) is 9.47 Å². The number of rotatable bonds is 1. The molecule has 0 aliphatic carbocycles. The molecule has 0 spiro atoms. The number of anilines is 1. The van der Waals surface area contributed by atoms with Gasteiger partial charge in [0.05, 0.1) is 0 Å². The first kappa shape index (κ1) is 13.7. The van der Waals surface area contributed by atoms with Gasteiger partial charge in [0.25, 0.3) is 0 Å². The predicted octanol–water partition coefficient (Wildman–Crippen LogP) is 1.41. The van der Waals surface area contributed by atoms with Crippen LogP contribution >= 0.6 is 0 Å². The van der Waals surface area contributed by atoms with Gasteiger partial charge < -0.3 is 19.7 Å². The molecule has 2 aliphatic heterocycles. The topological polar surface area (TPSA) is 67.9 Å². The van der Waals surface area contributed by atoms with Crippen molar-refractivity contribution >= 4 is 17.5 Å². The summed E-state index contributed by atoms with van der Waals surface area (Å²) in [7, 11) is 0. The number of hydrogen-bond donors (Lipinski definition) is 1. The van der Waals surface area contributed by atoms with Gasteiger partial charge in [-0.25, -0.2) is 0 Å². The molecule has 1 aromatic carbocycles. The first-order chi connectivity index (χ1) is 10.2. The number of piperidine rings is 1. The maximum Gasteiger partial charge on any atom is 0.313 e. The second kappa shape index (κ2) is 6.03. The van der Waals surface area contributed by atoms with Crippen LogP contribution in [0.2, 0.25) is 0 Å². The standard InChI is InChI=1S/C15H18N2O4/c18-14(15(19)17-6-2-1-3-7-17)16-11-4-5-12-13(10-11)21-9-8-20-12/h4-5,10H,1-3,6-9H2,(H,16,18). The first-order valence-electron chi connectivity index (χ1n) is 7.24. The van der Waals surface area contributed by atoms with Crippen molar-refractivity contribution in [3.05, 3.63) is 18.2 Å². The Morgan fingerprint density at radius 1 is 1.00 bits per heavy atom. The number of fused-ring (bicyclic) bond motifs is 1. The van der Waals surface area contributed by atoms with Crippen molar-refractivity contribution in [1.82, 2.24) is 4.90 Å². The van der Waals surface area contributed by atoms with Gasteiger partial charge in [-0.05, 0) is 31.4 Å². The highest BCUT2D eigenvalue weighted by molar-refractivity contribution is 6.39. The lowest BCUT2D eigenvalue weighted by molar-refractivity contribution is -0.143. The SMILES string of the molecule is O=C(Nc1ccc2c(c1)OCCO2)C(=O)N1CCCCC1. The summed E-state index contributed by atoms with van der Waals surface area (Å²) in [5, 5.41) is 2.62. The Morgan fingerprint density at radius 2 is 1.71 bits per heavy atom. The van der Waals surface area contributed by atoms with E-state index in [1.165, 1.54) is 0 Å². The normalized spacial score (nSPS) is 17.2. The number of ether oxygens (including phenoxy) is 2. The number of nitrogens with one attached hydrogen (secondary N) is 1. The molecular weight excluding hydrogens is 272 g/mol. The largest absolute Gasteiger partial charge is 0.486 e. The molecule has 0 aromatic heterocycles. The number of benzene rings is 1. The zero-order valence-corrected chi connectivity index (χ0v) is 11.8. The number of carbonyl (C=O) groups is 2. The number of amides is 2. The maximum absolute atomic E-state index is 12.0. The fourth-order valence-electron chi connectivity index (χ4n) is 2.55. The van der Waals surface area contributed by atoms with Crippen molar-refractivity contribution in [3.8, 4) is 11.5 Å². The smallest absolute Gasteiger partial charge is 0.313 e. The van der Waals surface area contributed by atoms with Gasteiger partial charge in [-0.1, -0.05) is 0 Å². The molecule has 112 valence electrons. The van der Waals surface area contributed by atoms with Crippen LogP contribution in [0.25, 0.3) is 0 Å². The van der Waals surface area contributed by atoms with E-state index in [0.29, 0.717) is 43.5 Å². The molecule has 2 heterocycles. The molecule has 1 saturated heterocycles. The first-order valence-corrected chi connectivity index (χ1v) is 7.24. The summed E-state index contributed by atoms with van der Waals surface area (Å²) in [5.41, 5.74) is 0.537. The van der Waals surface area contributed by atoms with E-state index in [0.717, 1.165) is 19.3 Å². The van der Waals surface area contributed by atoms with Gasteiger partial charge in [0, 0.05) is 24.8 Å². The van der Waals surface area contributed by atoms with Crippen molar-refractivity contribution in [1.29, 1.82) is 0 Å². The van der Waals surface area contributed by atoms with Crippen LogP contribution < -0.4 is 14.8 Å². The summed E-state index contributed by atoms with van der Waals surface area (Å²) in [6, 6.07) is 5.11. The molecule has 0 unspecified atom stereocenters. The third kappa shape index (κ3) is 3.09. The van der Waals surface area contributed by atoms with Gasteiger partial charge in [0.15, 0.2) is 11.5 Å². The lowest BCUT2D eigenvalue weighted by Crippen LogP contribution is -2.42. The zero-order chi connectivity index (χ0) is 14.7. The van der Waals surface area contributed by atoms with Gasteiger partial charge >= 0.3 is 11.8 Å². The highest BCUT2D eigenvalue weighted by Gasteiger charge is 2.23. The quantitative estimate of drug-likeness (QED) is 0.794. The van der Waals surface area contributed by atoms with E-state index in [1.54, 1.807) is 23.1 Å². The van der Waals surface area contributed by atoms with E-state index >= 15 is 0 Å². The van der Waals surface area contributed by atoms with E-state index in [2.05, 4.69) is 5.32 Å². The number of likely N-dealkylation sites (tertiary alicyclic amines) is 1. The number of nitrogens with zero attached hydrogens (tertiary/aromatic N) is 1. The molecule has 21 heavy (non-hydrogen) atoms. The molecular formula is C15H18N2O4. The van der Waals surface area contributed by atoms with Crippen LogP contribution in [0.3, 0.4) is 0 Å². The average Bonchev–Trinajstić information content (AvgIpc) is 2.55. The van der Waals surface area contributed by atoms with E-state index in [1.807, 2.05) is 0 Å². The van der Waals surface area contributed by atoms with Gasteiger partial charge in [-0.15, -0.1) is 0 Å². The van der Waals surface area contributed by atoms with Crippen LogP contribution in [0.15, 0.2) is 18.2 Å². The molecule has 0 bridgehead atoms. The molecule has 6 heteroatoms. The Bertz CT molecular complexity index is 553. The highest BCUT2D eigenvalue weighted by Crippen LogP contribution is 2.32. The van der Waals surface area contributed by atoms with Crippen LogP contribution in [0.5, 0.6) is 11.5 Å². The molecule has 0 radical (unpaired) electrons. The van der Waals surface area contributed by atoms with Gasteiger partial charge in [0.2, 0.25) is 0 Å². The summed E-state index contributed by atoms with van der Waals surface area (Å²) >= 11 is 0. The fraction of sp³-hybridized carbons (Fsp3) is 0.467. The number of carbonyl (C=O) groups excluding carboxylic acids is 2. The summed E-state index contributed by atoms with van der Waals surface area (Å²) in [5.74, 6) is 0.171. The Kier molecular flexibility index (Phi) is 3.94. The Hall–Kier alpha value is -2.24. The van der Waals surface area contributed by atoms with Crippen molar-refractivity contribution in [2.75, 3.05) is 31.6 Å². The minimum Gasteiger partial charge on any atom is -0.486 e. The molecule has 2 amide bonds. The van der Waals surface area contributed by atoms with Gasteiger partial charge in [-0.2, -0.15) is 0 Å². The summed E-state index contributed by atoms with van der Waals surface area (Å²) in [6.45, 7) is 2.32. The van der Waals surface area contributed by atoms with Gasteiger partial charge in [0.1, 0.15) is 13.2 Å². The Labute approximate surface area is 123 Å². The molecule has 2 aliphatic rings. The predicted molar refractivity (Wildman–Crippen MR) is 76.5 cm³/mol. The minimum atomic E-state index is -0.603. The molecule has 1 aromatic rings. The molecule has 0 atom stereocenters. The second-order valence-corrected chi connectivity index (χ2v) is 5.17. The summed E-state index contributed by atoms with van der Waals surface area (Å²) in [6.07, 6.45) is 3.04. The third-order valence-corrected chi connectivity index (χ3v) is 3.64. The molecule has 1 N–H and O–H groups in total. The van der Waals surface area contributed by atoms with Gasteiger partial charge in [-0.3, -0.25) is 9.59 Å². The third-order valence-electron chi connectivity index (χ3n) is 3.64. The minimum absolute atomic E-state index is 0.468. The van der Waals surface area contributed by atoms with Crippen LogP contribution in [0.1, 0.15) is 19.3 Å². The average molecular weight is 290 g/mol. The highest BCUT2D eigenvalue weighted by atomic mass is 16.6. The lowest BCUT2D eigenvalue weighted by atomic mass is 10.1. The van der Waals surface area contributed by atoms with E-state index < -0.39 is 11.8 Å². The van der Waals surface area contributed by atoms with Crippen LogP contribution in [-0.4, -0.2) is 43.0 Å². The lowest BCUT2D eigenvalue weighted by Gasteiger charge is -2.26. The maximum atomic E-state index is 12.0. The molecule has 6 nitrogen and oxygen atoms in total. The second-order valence-electron chi connectivity index (χ2n) is 5.17. The van der Waals surface area contributed by atoms with Crippen molar-refractivity contribution in [2.45, 2.75) is 19.3 Å². The Morgan fingerprint density at radius 3 is 2.48 bits per heavy atom. The fourth-order valence-corrected chi connectivity index (χ4v) is 2.55. The van der Waals surface area contributed by atoms with Crippen molar-refractivity contribution in [3.63, 3.8) is 0 Å². The van der Waals surface area contributed by atoms with Crippen LogP contribution in [0, 0.1) is 0 Å². The monoisotopic (exact) mass is 290 g/mol. The summed E-state index contributed by atoms with van der Waals surface area (Å²) in [4.78, 5) is 25.7. The molecule has 1 fully saturated rings. The van der Waals surface area contributed by atoms with E-state index in [9.17, 15) is 9.59 Å². The van der Waals surface area contributed by atoms with Crippen molar-refractivity contribution in [2.24, 2.45) is 0 Å². The summed E-state index contributed by atoms with van der Waals surface area (Å²) < 4.78 is 10.9. The molecule has 0 saturated carbocycles. The van der Waals surface area contributed by atoms with Crippen LogP contribution in [0.4, 0.5) is 5.69 Å². The zero-order valence-electron chi connectivity index (χ0n) is 11.8. The Balaban J connectivity index is 1.65. The number of hydrogen-bond acceptors (Lipinski definition) is 4. The van der Waals surface area contributed by atoms with E-state index in [-0.39, 0.29) is 0 Å².